The first-order valence-electron chi connectivity index (χ1n) is 17.5. The Morgan fingerprint density at radius 3 is 2.42 bits per heavy atom. The summed E-state index contributed by atoms with van der Waals surface area (Å²) in [4.78, 5) is 56.1. The van der Waals surface area contributed by atoms with Crippen LogP contribution >= 0.6 is 0 Å². The third-order valence-electron chi connectivity index (χ3n) is 10.3. The minimum absolute atomic E-state index is 0.0626. The zero-order valence-electron chi connectivity index (χ0n) is 30.9. The molecule has 4 heterocycles. The highest BCUT2D eigenvalue weighted by molar-refractivity contribution is 6.22. The molecule has 6 rings (SSSR count). The zero-order valence-corrected chi connectivity index (χ0v) is 30.9. The zero-order chi connectivity index (χ0) is 37.9. The van der Waals surface area contributed by atoms with E-state index < -0.39 is 28.4 Å². The Bertz CT molecular complexity index is 2350. The average Bonchev–Trinajstić information content (AvgIpc) is 3.25. The lowest BCUT2D eigenvalue weighted by Crippen LogP contribution is -2.59. The van der Waals surface area contributed by atoms with Crippen LogP contribution in [0.1, 0.15) is 46.6 Å². The fourth-order valence-electron chi connectivity index (χ4n) is 7.86. The van der Waals surface area contributed by atoms with E-state index in [1.807, 2.05) is 39.5 Å². The van der Waals surface area contributed by atoms with Crippen molar-refractivity contribution in [3.05, 3.63) is 74.6 Å². The minimum atomic E-state index is -1.00. The number of aromatic nitrogens is 3. The van der Waals surface area contributed by atoms with Crippen molar-refractivity contribution in [2.45, 2.75) is 60.0 Å². The van der Waals surface area contributed by atoms with E-state index in [4.69, 9.17) is 4.74 Å². The highest BCUT2D eigenvalue weighted by Gasteiger charge is 2.40. The number of piperazine rings is 1. The Labute approximate surface area is 300 Å². The SMILES string of the molecule is C=CC(=O)N1CC2CCOc3c(c4cc(F)c(-c5c(C)ccc6[nH]c(=O)n(C)c56)c(F)c4n(C(/C(=N\C)C(C)C)=C(/N=C)C(C)C)c3=O)N2CC1C. The third kappa shape index (κ3) is 5.57. The Balaban J connectivity index is 1.84. The summed E-state index contributed by atoms with van der Waals surface area (Å²) in [5.41, 5.74) is 1.06. The number of rotatable bonds is 7. The third-order valence-corrected chi connectivity index (χ3v) is 10.3. The lowest BCUT2D eigenvalue weighted by atomic mass is 9.94. The lowest BCUT2D eigenvalue weighted by molar-refractivity contribution is -0.129. The van der Waals surface area contributed by atoms with E-state index in [0.29, 0.717) is 41.0 Å². The van der Waals surface area contributed by atoms with E-state index in [9.17, 15) is 9.59 Å². The molecule has 0 aliphatic carbocycles. The van der Waals surface area contributed by atoms with Crippen molar-refractivity contribution in [1.29, 1.82) is 0 Å². The van der Waals surface area contributed by atoms with E-state index in [1.165, 1.54) is 28.3 Å². The number of benzene rings is 2. The molecule has 2 atom stereocenters. The summed E-state index contributed by atoms with van der Waals surface area (Å²) in [5, 5.41) is 0.104. The summed E-state index contributed by atoms with van der Waals surface area (Å²) in [6.45, 7) is 19.4. The molecule has 13 heteroatoms. The standard InChI is InChI=1S/C39H45F2N7O4/c1-11-27(49)46-18-23-14-15-52-37-34(47(23)17-22(46)7)24-16-25(40)29(28-21(6)12-13-26-35(28)45(10)39(51)44-26)30(41)33(24)48(38(37)50)36(31(42-8)19(2)3)32(43-9)20(4)5/h11-13,16,19-20,22-23H,1,8,14-15,17-18H2,2-7,9-10H3,(H,44,51)/b36-31+,43-32-. The van der Waals surface area contributed by atoms with Gasteiger partial charge in [-0.15, -0.1) is 0 Å². The number of amides is 1. The monoisotopic (exact) mass is 713 g/mol. The lowest BCUT2D eigenvalue weighted by Gasteiger charge is -2.45. The van der Waals surface area contributed by atoms with Gasteiger partial charge in [-0.1, -0.05) is 40.3 Å². The summed E-state index contributed by atoms with van der Waals surface area (Å²) >= 11 is 0. The number of pyridine rings is 1. The fourth-order valence-corrected chi connectivity index (χ4v) is 7.86. The van der Waals surface area contributed by atoms with Gasteiger partial charge in [-0.25, -0.2) is 13.6 Å². The number of aromatic amines is 1. The van der Waals surface area contributed by atoms with Crippen molar-refractivity contribution in [3.63, 3.8) is 0 Å². The smallest absolute Gasteiger partial charge is 0.326 e. The number of hydrogen-bond acceptors (Lipinski definition) is 7. The van der Waals surface area contributed by atoms with E-state index in [-0.39, 0.29) is 76.6 Å². The van der Waals surface area contributed by atoms with Gasteiger partial charge in [-0.2, -0.15) is 0 Å². The van der Waals surface area contributed by atoms with Gasteiger partial charge in [0.15, 0.2) is 5.82 Å². The highest BCUT2D eigenvalue weighted by atomic mass is 19.1. The Hall–Kier alpha value is -5.33. The van der Waals surface area contributed by atoms with Crippen LogP contribution in [0.4, 0.5) is 14.5 Å². The van der Waals surface area contributed by atoms with Gasteiger partial charge in [-0.05, 0) is 56.2 Å². The first-order chi connectivity index (χ1) is 24.7. The number of allylic oxidation sites excluding steroid dienone is 2. The van der Waals surface area contributed by atoms with Crippen LogP contribution in [0.3, 0.4) is 0 Å². The molecule has 0 saturated carbocycles. The van der Waals surface area contributed by atoms with E-state index >= 15 is 13.6 Å². The molecule has 2 aromatic carbocycles. The molecule has 2 aliphatic heterocycles. The molecule has 2 unspecified atom stereocenters. The molecule has 4 aromatic rings. The van der Waals surface area contributed by atoms with Crippen LogP contribution in [0.25, 0.3) is 38.8 Å². The number of carbonyl (C=O) groups is 1. The maximum atomic E-state index is 18.1. The van der Waals surface area contributed by atoms with Crippen LogP contribution < -0.4 is 20.9 Å². The normalized spacial score (nSPS) is 18.3. The van der Waals surface area contributed by atoms with Gasteiger partial charge >= 0.3 is 5.69 Å². The summed E-state index contributed by atoms with van der Waals surface area (Å²) < 4.78 is 43.9. The molecule has 0 radical (unpaired) electrons. The van der Waals surface area contributed by atoms with Crippen LogP contribution in [0.5, 0.6) is 5.75 Å². The topological polar surface area (TPSA) is 117 Å². The van der Waals surface area contributed by atoms with Gasteiger partial charge in [0.1, 0.15) is 5.82 Å². The number of imidazole rings is 1. The molecule has 1 N–H and O–H groups in total. The predicted octanol–water partition coefficient (Wildman–Crippen LogP) is 6.06. The molecule has 0 spiro atoms. The maximum absolute atomic E-state index is 18.1. The molecule has 2 aliphatic rings. The van der Waals surface area contributed by atoms with Crippen LogP contribution in [-0.4, -0.2) is 76.2 Å². The van der Waals surface area contributed by atoms with Crippen molar-refractivity contribution in [3.8, 4) is 16.9 Å². The second kappa shape index (κ2) is 13.7. The van der Waals surface area contributed by atoms with Crippen LogP contribution in [0, 0.1) is 30.4 Å². The van der Waals surface area contributed by atoms with Crippen molar-refractivity contribution in [1.82, 2.24) is 19.0 Å². The van der Waals surface area contributed by atoms with Crippen LogP contribution in [0.2, 0.25) is 0 Å². The summed E-state index contributed by atoms with van der Waals surface area (Å²) in [6.07, 6.45) is 1.71. The van der Waals surface area contributed by atoms with Crippen molar-refractivity contribution < 1.29 is 18.3 Å². The first kappa shape index (κ1) is 36.5. The van der Waals surface area contributed by atoms with Gasteiger partial charge in [-0.3, -0.25) is 28.7 Å². The molecule has 0 bridgehead atoms. The molecule has 1 amide bonds. The highest BCUT2D eigenvalue weighted by Crippen LogP contribution is 2.45. The quantitative estimate of drug-likeness (QED) is 0.185. The fraction of sp³-hybridized carbons (Fsp3) is 0.410. The Morgan fingerprint density at radius 2 is 1.81 bits per heavy atom. The van der Waals surface area contributed by atoms with Crippen molar-refractivity contribution in [2.75, 3.05) is 31.6 Å². The van der Waals surface area contributed by atoms with Gasteiger partial charge in [0.05, 0.1) is 57.6 Å². The first-order valence-corrected chi connectivity index (χ1v) is 17.5. The van der Waals surface area contributed by atoms with Crippen LogP contribution in [0.15, 0.2) is 56.1 Å². The number of hydrogen-bond donors (Lipinski definition) is 1. The molecule has 1 saturated heterocycles. The molecule has 11 nitrogen and oxygen atoms in total. The van der Waals surface area contributed by atoms with E-state index in [0.717, 1.165) is 0 Å². The van der Waals surface area contributed by atoms with Crippen molar-refractivity contribution >= 4 is 51.7 Å². The maximum Gasteiger partial charge on any atom is 0.326 e. The van der Waals surface area contributed by atoms with Gasteiger partial charge in [0, 0.05) is 50.6 Å². The number of aliphatic imine (C=N–C) groups is 2. The number of ether oxygens (including phenoxy) is 1. The number of H-pyrrole nitrogens is 1. The van der Waals surface area contributed by atoms with E-state index in [2.05, 4.69) is 28.3 Å². The number of halogens is 2. The Kier molecular flexibility index (Phi) is 9.58. The molecular formula is C39H45F2N7O4. The van der Waals surface area contributed by atoms with Crippen LogP contribution in [-0.2, 0) is 11.8 Å². The van der Waals surface area contributed by atoms with Gasteiger partial charge < -0.3 is 19.5 Å². The van der Waals surface area contributed by atoms with E-state index in [1.54, 1.807) is 31.0 Å². The average molecular weight is 714 g/mol. The number of fused-ring (bicyclic) bond motifs is 6. The second-order valence-corrected chi connectivity index (χ2v) is 14.2. The molecule has 2 aromatic heterocycles. The molecular weight excluding hydrogens is 668 g/mol. The number of carbonyl (C=O) groups excluding carboxylic acids is 1. The number of nitrogens with one attached hydrogen (secondary N) is 1. The number of anilines is 1. The summed E-state index contributed by atoms with van der Waals surface area (Å²) in [6, 6.07) is 3.98. The summed E-state index contributed by atoms with van der Waals surface area (Å²) in [5.74, 6) is -2.70. The molecule has 1 fully saturated rings. The summed E-state index contributed by atoms with van der Waals surface area (Å²) in [7, 11) is 3.13. The minimum Gasteiger partial charge on any atom is -0.486 e. The van der Waals surface area contributed by atoms with Crippen molar-refractivity contribution in [2.24, 2.45) is 28.9 Å². The van der Waals surface area contributed by atoms with Gasteiger partial charge in [0.2, 0.25) is 11.7 Å². The molecule has 52 heavy (non-hydrogen) atoms. The predicted molar refractivity (Wildman–Crippen MR) is 204 cm³/mol. The number of aryl methyl sites for hydroxylation is 2. The van der Waals surface area contributed by atoms with Gasteiger partial charge in [0.25, 0.3) is 5.56 Å². The molecule has 274 valence electrons. The second-order valence-electron chi connectivity index (χ2n) is 14.2. The number of nitrogens with zero attached hydrogens (tertiary/aromatic N) is 6. The Morgan fingerprint density at radius 1 is 1.10 bits per heavy atom. The largest absolute Gasteiger partial charge is 0.486 e.